The molecule has 62 valence electrons. The summed E-state index contributed by atoms with van der Waals surface area (Å²) in [6.07, 6.45) is 1.64. The lowest BCUT2D eigenvalue weighted by Crippen LogP contribution is -2.46. The van der Waals surface area contributed by atoms with Gasteiger partial charge in [-0.2, -0.15) is 0 Å². The number of carbonyl (C=O) groups is 2. The van der Waals surface area contributed by atoms with Crippen LogP contribution < -0.4 is 10.9 Å². The summed E-state index contributed by atoms with van der Waals surface area (Å²) in [5.74, 6) is 3.45. The summed E-state index contributed by atoms with van der Waals surface area (Å²) in [5, 5.41) is 10.7. The summed E-state index contributed by atoms with van der Waals surface area (Å²) < 4.78 is 0. The van der Waals surface area contributed by atoms with Gasteiger partial charge in [0, 0.05) is 5.92 Å². The third kappa shape index (κ3) is 2.19. The van der Waals surface area contributed by atoms with E-state index in [-0.39, 0.29) is 11.8 Å². The van der Waals surface area contributed by atoms with Gasteiger partial charge in [0.1, 0.15) is 0 Å². The monoisotopic (exact) mass is 157 g/mol. The highest BCUT2D eigenvalue weighted by atomic mass is 16.4. The van der Waals surface area contributed by atoms with E-state index in [1.165, 1.54) is 0 Å². The topological polar surface area (TPSA) is 86.5 Å². The number of carboxylic acid groups (broad SMARTS) is 1. The number of carboxylic acids is 1. The lowest BCUT2D eigenvalue weighted by Gasteiger charge is -2.16. The third-order valence-electron chi connectivity index (χ3n) is 1.51. The Morgan fingerprint density at radius 3 is 2.45 bits per heavy atom. The third-order valence-corrected chi connectivity index (χ3v) is 1.51. The Morgan fingerprint density at radius 2 is 2.09 bits per heavy atom. The zero-order chi connectivity index (χ0) is 8.43. The lowest BCUT2D eigenvalue weighted by molar-refractivity contribution is -0.306. The van der Waals surface area contributed by atoms with Gasteiger partial charge in [-0.05, 0) is 12.8 Å². The zero-order valence-electron chi connectivity index (χ0n) is 5.95. The van der Waals surface area contributed by atoms with E-state index in [0.29, 0.717) is 5.01 Å². The van der Waals surface area contributed by atoms with Gasteiger partial charge >= 0.3 is 0 Å². The lowest BCUT2D eigenvalue weighted by atomic mass is 10.4. The molecule has 1 amide bonds. The van der Waals surface area contributed by atoms with Crippen LogP contribution in [0.3, 0.4) is 0 Å². The number of hydrogen-bond acceptors (Lipinski definition) is 4. The fourth-order valence-corrected chi connectivity index (χ4v) is 0.782. The summed E-state index contributed by atoms with van der Waals surface area (Å²) in [7, 11) is 0. The number of hydrazine groups is 1. The molecule has 2 N–H and O–H groups in total. The van der Waals surface area contributed by atoms with Crippen LogP contribution >= 0.6 is 0 Å². The predicted molar refractivity (Wildman–Crippen MR) is 33.6 cm³/mol. The number of carbonyl (C=O) groups excluding carboxylic acids is 2. The van der Waals surface area contributed by atoms with E-state index in [9.17, 15) is 14.7 Å². The number of nitrogens with zero attached hydrogens (tertiary/aromatic N) is 1. The largest absolute Gasteiger partial charge is 0.548 e. The average Bonchev–Trinajstić information content (AvgIpc) is 2.65. The van der Waals surface area contributed by atoms with Crippen LogP contribution in [0.1, 0.15) is 12.8 Å². The van der Waals surface area contributed by atoms with Crippen molar-refractivity contribution in [1.82, 2.24) is 5.01 Å². The van der Waals surface area contributed by atoms with Gasteiger partial charge in [0.2, 0.25) is 5.91 Å². The normalized spacial score (nSPS) is 16.1. The van der Waals surface area contributed by atoms with Crippen molar-refractivity contribution in [3.8, 4) is 0 Å². The van der Waals surface area contributed by atoms with Crippen LogP contribution in [0.4, 0.5) is 0 Å². The molecule has 11 heavy (non-hydrogen) atoms. The van der Waals surface area contributed by atoms with E-state index in [2.05, 4.69) is 0 Å². The van der Waals surface area contributed by atoms with Crippen molar-refractivity contribution in [2.24, 2.45) is 11.8 Å². The molecular weight excluding hydrogens is 148 g/mol. The van der Waals surface area contributed by atoms with E-state index >= 15 is 0 Å². The highest BCUT2D eigenvalue weighted by Gasteiger charge is 2.32. The summed E-state index contributed by atoms with van der Waals surface area (Å²) in [6.45, 7) is -0.519. The van der Waals surface area contributed by atoms with Crippen molar-refractivity contribution in [2.75, 3.05) is 6.54 Å². The van der Waals surface area contributed by atoms with Gasteiger partial charge in [0.05, 0.1) is 12.5 Å². The van der Waals surface area contributed by atoms with Crippen molar-refractivity contribution < 1.29 is 14.7 Å². The maximum Gasteiger partial charge on any atom is 0.239 e. The van der Waals surface area contributed by atoms with Crippen LogP contribution in [0.5, 0.6) is 0 Å². The molecule has 0 heterocycles. The molecule has 0 spiro atoms. The average molecular weight is 157 g/mol. The van der Waals surface area contributed by atoms with Crippen LogP contribution in [0.2, 0.25) is 0 Å². The molecule has 0 aromatic rings. The van der Waals surface area contributed by atoms with Gasteiger partial charge in [0.25, 0.3) is 0 Å². The van der Waals surface area contributed by atoms with Gasteiger partial charge in [-0.15, -0.1) is 0 Å². The van der Waals surface area contributed by atoms with Crippen molar-refractivity contribution >= 4 is 11.9 Å². The first-order chi connectivity index (χ1) is 5.11. The van der Waals surface area contributed by atoms with Gasteiger partial charge in [-0.3, -0.25) is 9.80 Å². The van der Waals surface area contributed by atoms with E-state index in [1.54, 1.807) is 0 Å². The Labute approximate surface area is 63.7 Å². The Balaban J connectivity index is 2.33. The highest BCUT2D eigenvalue weighted by Crippen LogP contribution is 2.29. The molecule has 1 rings (SSSR count). The van der Waals surface area contributed by atoms with Crippen molar-refractivity contribution in [1.29, 1.82) is 0 Å². The minimum atomic E-state index is -1.33. The van der Waals surface area contributed by atoms with E-state index in [1.807, 2.05) is 0 Å². The van der Waals surface area contributed by atoms with Crippen LogP contribution in [0.25, 0.3) is 0 Å². The molecule has 0 bridgehead atoms. The second-order valence-electron chi connectivity index (χ2n) is 2.61. The zero-order valence-corrected chi connectivity index (χ0v) is 5.95. The molecule has 1 aliphatic rings. The summed E-state index contributed by atoms with van der Waals surface area (Å²) in [4.78, 5) is 20.9. The maximum absolute atomic E-state index is 11.0. The van der Waals surface area contributed by atoms with E-state index in [4.69, 9.17) is 5.84 Å². The number of amides is 1. The first-order valence-electron chi connectivity index (χ1n) is 3.37. The fourth-order valence-electron chi connectivity index (χ4n) is 0.782. The minimum absolute atomic E-state index is 0.0423. The fraction of sp³-hybridized carbons (Fsp3) is 0.667. The predicted octanol–water partition coefficient (Wildman–Crippen LogP) is -2.15. The Kier molecular flexibility index (Phi) is 2.09. The van der Waals surface area contributed by atoms with Crippen LogP contribution in [0, 0.1) is 5.92 Å². The van der Waals surface area contributed by atoms with E-state index in [0.717, 1.165) is 12.8 Å². The molecule has 1 aliphatic carbocycles. The first kappa shape index (κ1) is 8.00. The standard InChI is InChI=1S/C6H10N2O3/c7-8(3-5(9)10)6(11)4-1-2-4/h4H,1-3,7H2,(H,9,10)/p-1. The molecule has 0 aromatic heterocycles. The molecular formula is C6H9N2O3-. The molecule has 0 aliphatic heterocycles. The SMILES string of the molecule is NN(CC(=O)[O-])C(=O)C1CC1. The van der Waals surface area contributed by atoms with Gasteiger partial charge in [0.15, 0.2) is 0 Å². The Morgan fingerprint density at radius 1 is 1.55 bits per heavy atom. The van der Waals surface area contributed by atoms with Gasteiger partial charge in [-0.25, -0.2) is 5.84 Å². The van der Waals surface area contributed by atoms with E-state index < -0.39 is 12.5 Å². The number of nitrogens with two attached hydrogens (primary N) is 1. The smallest absolute Gasteiger partial charge is 0.239 e. The second kappa shape index (κ2) is 2.87. The van der Waals surface area contributed by atoms with Crippen molar-refractivity contribution in [3.63, 3.8) is 0 Å². The number of rotatable bonds is 3. The first-order valence-corrected chi connectivity index (χ1v) is 3.37. The molecule has 1 saturated carbocycles. The molecule has 0 unspecified atom stereocenters. The molecule has 0 radical (unpaired) electrons. The van der Waals surface area contributed by atoms with Crippen LogP contribution in [-0.2, 0) is 9.59 Å². The quantitative estimate of drug-likeness (QED) is 0.287. The molecule has 0 atom stereocenters. The van der Waals surface area contributed by atoms with Gasteiger partial charge in [-0.1, -0.05) is 0 Å². The number of hydrogen-bond donors (Lipinski definition) is 1. The molecule has 5 nitrogen and oxygen atoms in total. The van der Waals surface area contributed by atoms with Crippen molar-refractivity contribution in [2.45, 2.75) is 12.8 Å². The summed E-state index contributed by atoms with van der Waals surface area (Å²) in [6, 6.07) is 0. The maximum atomic E-state index is 11.0. The molecule has 0 aromatic carbocycles. The highest BCUT2D eigenvalue weighted by molar-refractivity contribution is 5.83. The number of aliphatic carboxylic acids is 1. The van der Waals surface area contributed by atoms with Crippen LogP contribution in [0.15, 0.2) is 0 Å². The van der Waals surface area contributed by atoms with Crippen LogP contribution in [-0.4, -0.2) is 23.4 Å². The van der Waals surface area contributed by atoms with Gasteiger partial charge < -0.3 is 9.90 Å². The summed E-state index contributed by atoms with van der Waals surface area (Å²) in [5.41, 5.74) is 0. The Hall–Kier alpha value is -1.10. The molecule has 1 fully saturated rings. The molecule has 0 saturated heterocycles. The minimum Gasteiger partial charge on any atom is -0.548 e. The Bertz CT molecular complexity index is 188. The summed E-state index contributed by atoms with van der Waals surface area (Å²) >= 11 is 0. The molecule has 5 heteroatoms. The second-order valence-corrected chi connectivity index (χ2v) is 2.61. The van der Waals surface area contributed by atoms with Crippen molar-refractivity contribution in [3.05, 3.63) is 0 Å².